The third-order valence-electron chi connectivity index (χ3n) is 4.24. The van der Waals surface area contributed by atoms with E-state index in [9.17, 15) is 18.0 Å². The number of ether oxygens (including phenoxy) is 3. The van der Waals surface area contributed by atoms with Crippen molar-refractivity contribution in [2.24, 2.45) is 0 Å². The first kappa shape index (κ1) is 19.0. The van der Waals surface area contributed by atoms with Crippen molar-refractivity contribution in [3.8, 4) is 11.6 Å². The van der Waals surface area contributed by atoms with Crippen LogP contribution in [0.15, 0.2) is 24.3 Å². The second kappa shape index (κ2) is 7.85. The molecular formula is C17H18F3N3O4. The number of halogens is 3. The van der Waals surface area contributed by atoms with Gasteiger partial charge in [-0.15, -0.1) is 13.2 Å². The third kappa shape index (κ3) is 4.89. The van der Waals surface area contributed by atoms with Crippen LogP contribution in [0.1, 0.15) is 48.2 Å². The number of benzene rings is 1. The normalized spacial score (nSPS) is 19.7. The number of esters is 1. The molecule has 1 aromatic heterocycles. The molecule has 1 saturated carbocycles. The number of alkyl halides is 3. The highest BCUT2D eigenvalue weighted by Gasteiger charge is 2.32. The first-order valence-electron chi connectivity index (χ1n) is 8.46. The molecule has 27 heavy (non-hydrogen) atoms. The standard InChI is InChI=1S/C17H18F3N3O4/c1-2-25-16(24)14-15(22-23-21-14)26-13-8-5-11(9-13)10-3-6-12(7-4-10)27-17(18,19)20/h3-4,6-7,11,13H,2,5,8-9H2,1H3,(H,21,22,23). The zero-order valence-corrected chi connectivity index (χ0v) is 14.5. The molecular weight excluding hydrogens is 367 g/mol. The first-order chi connectivity index (χ1) is 12.9. The summed E-state index contributed by atoms with van der Waals surface area (Å²) in [5.41, 5.74) is 0.968. The van der Waals surface area contributed by atoms with Crippen LogP contribution in [0.3, 0.4) is 0 Å². The van der Waals surface area contributed by atoms with E-state index in [-0.39, 0.29) is 36.0 Å². The molecule has 2 atom stereocenters. The molecule has 2 aromatic rings. The van der Waals surface area contributed by atoms with Crippen LogP contribution >= 0.6 is 0 Å². The summed E-state index contributed by atoms with van der Waals surface area (Å²) in [5.74, 6) is -0.619. The van der Waals surface area contributed by atoms with E-state index in [0.29, 0.717) is 6.42 Å². The molecule has 1 N–H and O–H groups in total. The fourth-order valence-electron chi connectivity index (χ4n) is 3.09. The summed E-state index contributed by atoms with van der Waals surface area (Å²) in [6.07, 6.45) is -2.71. The van der Waals surface area contributed by atoms with Crippen LogP contribution in [0.25, 0.3) is 0 Å². The van der Waals surface area contributed by atoms with Crippen LogP contribution in [0, 0.1) is 0 Å². The Labute approximate surface area is 152 Å². The lowest BCUT2D eigenvalue weighted by Gasteiger charge is -2.14. The van der Waals surface area contributed by atoms with E-state index >= 15 is 0 Å². The lowest BCUT2D eigenvalue weighted by molar-refractivity contribution is -0.274. The molecule has 2 unspecified atom stereocenters. The summed E-state index contributed by atoms with van der Waals surface area (Å²) in [6.45, 7) is 1.91. The second-order valence-corrected chi connectivity index (χ2v) is 6.08. The third-order valence-corrected chi connectivity index (χ3v) is 4.24. The molecule has 0 bridgehead atoms. The van der Waals surface area contributed by atoms with Gasteiger partial charge in [-0.2, -0.15) is 0 Å². The minimum absolute atomic E-state index is 0.0638. The summed E-state index contributed by atoms with van der Waals surface area (Å²) in [4.78, 5) is 11.8. The topological polar surface area (TPSA) is 86.3 Å². The summed E-state index contributed by atoms with van der Waals surface area (Å²) >= 11 is 0. The molecule has 0 radical (unpaired) electrons. The Morgan fingerprint density at radius 3 is 2.67 bits per heavy atom. The van der Waals surface area contributed by atoms with Gasteiger partial charge in [-0.25, -0.2) is 9.89 Å². The zero-order chi connectivity index (χ0) is 19.4. The average molecular weight is 385 g/mol. The molecule has 0 spiro atoms. The Kier molecular flexibility index (Phi) is 5.52. The van der Waals surface area contributed by atoms with Gasteiger partial charge in [0.2, 0.25) is 5.69 Å². The van der Waals surface area contributed by atoms with Crippen molar-refractivity contribution in [3.63, 3.8) is 0 Å². The number of carbonyl (C=O) groups excluding carboxylic acids is 1. The Balaban J connectivity index is 1.59. The van der Waals surface area contributed by atoms with Crippen molar-refractivity contribution in [1.29, 1.82) is 0 Å². The van der Waals surface area contributed by atoms with Gasteiger partial charge in [0, 0.05) is 0 Å². The Hall–Kier alpha value is -2.78. The molecule has 1 fully saturated rings. The van der Waals surface area contributed by atoms with Crippen molar-refractivity contribution >= 4 is 5.97 Å². The van der Waals surface area contributed by atoms with Crippen LogP contribution in [0.4, 0.5) is 13.2 Å². The smallest absolute Gasteiger partial charge is 0.472 e. The number of hydrogen-bond acceptors (Lipinski definition) is 6. The quantitative estimate of drug-likeness (QED) is 0.765. The molecule has 0 saturated heterocycles. The Morgan fingerprint density at radius 1 is 1.26 bits per heavy atom. The van der Waals surface area contributed by atoms with Gasteiger partial charge >= 0.3 is 12.3 Å². The van der Waals surface area contributed by atoms with Gasteiger partial charge in [0.15, 0.2) is 0 Å². The van der Waals surface area contributed by atoms with Gasteiger partial charge in [0.1, 0.15) is 11.9 Å². The maximum Gasteiger partial charge on any atom is 0.573 e. The lowest BCUT2D eigenvalue weighted by Crippen LogP contribution is -2.17. The molecule has 1 aliphatic rings. The van der Waals surface area contributed by atoms with E-state index in [1.807, 2.05) is 0 Å². The number of rotatable bonds is 6. The lowest BCUT2D eigenvalue weighted by atomic mass is 9.97. The average Bonchev–Trinajstić information content (AvgIpc) is 3.24. The van der Waals surface area contributed by atoms with Crippen molar-refractivity contribution in [2.45, 2.75) is 44.6 Å². The zero-order valence-electron chi connectivity index (χ0n) is 14.5. The highest BCUT2D eigenvalue weighted by molar-refractivity contribution is 5.89. The van der Waals surface area contributed by atoms with Crippen molar-refractivity contribution in [3.05, 3.63) is 35.5 Å². The van der Waals surface area contributed by atoms with E-state index in [2.05, 4.69) is 20.1 Å². The van der Waals surface area contributed by atoms with E-state index in [0.717, 1.165) is 18.4 Å². The van der Waals surface area contributed by atoms with Gasteiger partial charge in [-0.1, -0.05) is 22.4 Å². The number of H-pyrrole nitrogens is 1. The number of nitrogens with one attached hydrogen (secondary N) is 1. The van der Waals surface area contributed by atoms with Crippen molar-refractivity contribution in [2.75, 3.05) is 6.61 Å². The molecule has 10 heteroatoms. The van der Waals surface area contributed by atoms with Crippen LogP contribution in [0.2, 0.25) is 0 Å². The molecule has 146 valence electrons. The van der Waals surface area contributed by atoms with E-state index in [1.165, 1.54) is 12.1 Å². The number of hydrogen-bond donors (Lipinski definition) is 1. The van der Waals surface area contributed by atoms with Gasteiger partial charge in [-0.3, -0.25) is 0 Å². The van der Waals surface area contributed by atoms with Gasteiger partial charge in [0.05, 0.1) is 6.61 Å². The number of nitrogens with zero attached hydrogens (tertiary/aromatic N) is 2. The van der Waals surface area contributed by atoms with E-state index in [4.69, 9.17) is 9.47 Å². The highest BCUT2D eigenvalue weighted by Crippen LogP contribution is 2.37. The van der Waals surface area contributed by atoms with Crippen LogP contribution in [0.5, 0.6) is 11.6 Å². The minimum Gasteiger partial charge on any atom is -0.472 e. The van der Waals surface area contributed by atoms with Crippen molar-refractivity contribution < 1.29 is 32.2 Å². The predicted molar refractivity (Wildman–Crippen MR) is 86.5 cm³/mol. The Bertz CT molecular complexity index is 776. The molecule has 3 rings (SSSR count). The van der Waals surface area contributed by atoms with E-state index < -0.39 is 12.3 Å². The monoisotopic (exact) mass is 385 g/mol. The number of carbonyl (C=O) groups is 1. The Morgan fingerprint density at radius 2 is 2.00 bits per heavy atom. The molecule has 1 heterocycles. The van der Waals surface area contributed by atoms with Gasteiger partial charge in [-0.05, 0) is 49.8 Å². The highest BCUT2D eigenvalue weighted by atomic mass is 19.4. The van der Waals surface area contributed by atoms with Gasteiger partial charge < -0.3 is 14.2 Å². The molecule has 0 amide bonds. The summed E-state index contributed by atoms with van der Waals surface area (Å²) in [5, 5.41) is 9.82. The van der Waals surface area contributed by atoms with Crippen molar-refractivity contribution in [1.82, 2.24) is 15.4 Å². The first-order valence-corrected chi connectivity index (χ1v) is 8.46. The fraction of sp³-hybridized carbons (Fsp3) is 0.471. The summed E-state index contributed by atoms with van der Waals surface area (Å²) in [7, 11) is 0. The van der Waals surface area contributed by atoms with Crippen LogP contribution in [-0.4, -0.2) is 40.5 Å². The molecule has 7 nitrogen and oxygen atoms in total. The maximum atomic E-state index is 12.2. The summed E-state index contributed by atoms with van der Waals surface area (Å²) in [6, 6.07) is 5.84. The van der Waals surface area contributed by atoms with Crippen LogP contribution in [-0.2, 0) is 4.74 Å². The van der Waals surface area contributed by atoms with E-state index in [1.54, 1.807) is 19.1 Å². The van der Waals surface area contributed by atoms with Gasteiger partial charge in [0.25, 0.3) is 5.88 Å². The maximum absolute atomic E-state index is 12.2. The fourth-order valence-corrected chi connectivity index (χ4v) is 3.09. The molecule has 1 aliphatic carbocycles. The minimum atomic E-state index is -4.71. The molecule has 1 aromatic carbocycles. The summed E-state index contributed by atoms with van der Waals surface area (Å²) < 4.78 is 51.2. The molecule has 0 aliphatic heterocycles. The largest absolute Gasteiger partial charge is 0.573 e. The predicted octanol–water partition coefficient (Wildman–Crippen LogP) is 3.60. The number of aromatic nitrogens is 3. The number of aromatic amines is 1. The SMILES string of the molecule is CCOC(=O)c1[nH]nnc1OC1CCC(c2ccc(OC(F)(F)F)cc2)C1. The van der Waals surface area contributed by atoms with Crippen LogP contribution < -0.4 is 9.47 Å². The second-order valence-electron chi connectivity index (χ2n) is 6.08.